The van der Waals surface area contributed by atoms with Crippen LogP contribution in [0.3, 0.4) is 0 Å². The molecule has 0 aromatic heterocycles. The first-order chi connectivity index (χ1) is 8.44. The molecule has 1 aliphatic heterocycles. The maximum Gasteiger partial charge on any atom is 0.304 e. The summed E-state index contributed by atoms with van der Waals surface area (Å²) < 4.78 is 5.36. The van der Waals surface area contributed by atoms with Gasteiger partial charge in [-0.25, -0.2) is 0 Å². The van der Waals surface area contributed by atoms with Crippen LogP contribution in [0, 0.1) is 17.8 Å². The number of hydrogen-bond acceptors (Lipinski definition) is 3. The minimum Gasteiger partial charge on any atom is -0.446 e. The van der Waals surface area contributed by atoms with Gasteiger partial charge in [-0.15, -0.1) is 0 Å². The molecule has 0 radical (unpaired) electrons. The molecule has 0 bridgehead atoms. The highest BCUT2D eigenvalue weighted by atomic mass is 16.6. The van der Waals surface area contributed by atoms with Crippen molar-refractivity contribution in [3.63, 3.8) is 0 Å². The summed E-state index contributed by atoms with van der Waals surface area (Å²) in [6.45, 7) is 10.4. The Bertz CT molecular complexity index is 334. The number of nitrogens with zero attached hydrogens (tertiary/aromatic N) is 1. The van der Waals surface area contributed by atoms with Crippen molar-refractivity contribution < 1.29 is 9.53 Å². The smallest absolute Gasteiger partial charge is 0.304 e. The minimum absolute atomic E-state index is 0.190. The van der Waals surface area contributed by atoms with Crippen LogP contribution in [0.2, 0.25) is 0 Å². The van der Waals surface area contributed by atoms with E-state index in [0.29, 0.717) is 0 Å². The summed E-state index contributed by atoms with van der Waals surface area (Å²) in [4.78, 5) is 13.5. The zero-order valence-electron chi connectivity index (χ0n) is 12.1. The highest BCUT2D eigenvalue weighted by Gasteiger charge is 2.29. The first kappa shape index (κ1) is 15.0. The lowest BCUT2D eigenvalue weighted by Crippen LogP contribution is -2.35. The van der Waals surface area contributed by atoms with Gasteiger partial charge in [0.1, 0.15) is 0 Å². The summed E-state index contributed by atoms with van der Waals surface area (Å²) in [5, 5.41) is 0. The van der Waals surface area contributed by atoms with E-state index in [-0.39, 0.29) is 11.9 Å². The molecule has 1 rings (SSSR count). The molecule has 0 aliphatic carbocycles. The van der Waals surface area contributed by atoms with Crippen LogP contribution in [-0.2, 0) is 9.53 Å². The van der Waals surface area contributed by atoms with Gasteiger partial charge in [0, 0.05) is 12.8 Å². The first-order valence-electron chi connectivity index (χ1n) is 6.86. The molecule has 0 unspecified atom stereocenters. The number of carbonyl (C=O) groups excluding carboxylic acids is 1. The molecule has 1 aliphatic rings. The monoisotopic (exact) mass is 251 g/mol. The van der Waals surface area contributed by atoms with E-state index >= 15 is 0 Å². The Morgan fingerprint density at radius 1 is 1.33 bits per heavy atom. The van der Waals surface area contributed by atoms with Crippen LogP contribution in [0.1, 0.15) is 47.0 Å². The van der Waals surface area contributed by atoms with Crippen LogP contribution in [0.25, 0.3) is 0 Å². The van der Waals surface area contributed by atoms with E-state index in [1.165, 1.54) is 26.2 Å². The second-order valence-electron chi connectivity index (χ2n) is 5.49. The molecule has 0 N–H and O–H groups in total. The predicted molar refractivity (Wildman–Crippen MR) is 73.1 cm³/mol. The number of piperidine rings is 1. The van der Waals surface area contributed by atoms with Crippen molar-refractivity contribution in [2.24, 2.45) is 5.92 Å². The molecule has 1 atom stereocenters. The maximum atomic E-state index is 11.1. The van der Waals surface area contributed by atoms with Crippen LogP contribution in [-0.4, -0.2) is 36.1 Å². The Kier molecular flexibility index (Phi) is 5.68. The van der Waals surface area contributed by atoms with Crippen molar-refractivity contribution >= 4 is 5.97 Å². The lowest BCUT2D eigenvalue weighted by molar-refractivity contribution is -0.153. The normalized spacial score (nSPS) is 19.8. The number of carbonyl (C=O) groups is 1. The molecule has 1 fully saturated rings. The average molecular weight is 251 g/mol. The number of esters is 1. The van der Waals surface area contributed by atoms with E-state index in [0.717, 1.165) is 19.6 Å². The quantitative estimate of drug-likeness (QED) is 0.570. The van der Waals surface area contributed by atoms with Gasteiger partial charge in [0.2, 0.25) is 0 Å². The predicted octanol–water partition coefficient (Wildman–Crippen LogP) is 2.45. The summed E-state index contributed by atoms with van der Waals surface area (Å²) in [6, 6.07) is 0. The summed E-state index contributed by atoms with van der Waals surface area (Å²) in [6.07, 6.45) is 3.88. The molecule has 1 saturated heterocycles. The van der Waals surface area contributed by atoms with E-state index in [9.17, 15) is 4.79 Å². The van der Waals surface area contributed by atoms with Gasteiger partial charge in [0.15, 0.2) is 5.60 Å². The first-order valence-corrected chi connectivity index (χ1v) is 6.86. The number of likely N-dealkylation sites (tertiary alicyclic amines) is 1. The van der Waals surface area contributed by atoms with Gasteiger partial charge in [0.25, 0.3) is 0 Å². The van der Waals surface area contributed by atoms with Gasteiger partial charge < -0.3 is 4.74 Å². The van der Waals surface area contributed by atoms with Gasteiger partial charge in [-0.1, -0.05) is 32.1 Å². The van der Waals surface area contributed by atoms with Crippen molar-refractivity contribution in [3.05, 3.63) is 0 Å². The van der Waals surface area contributed by atoms with Crippen LogP contribution >= 0.6 is 0 Å². The molecule has 0 spiro atoms. The summed E-state index contributed by atoms with van der Waals surface area (Å²) in [5.74, 6) is 6.25. The Labute approximate surface area is 111 Å². The zero-order valence-corrected chi connectivity index (χ0v) is 12.1. The summed E-state index contributed by atoms with van der Waals surface area (Å²) in [7, 11) is 0. The molecule has 0 amide bonds. The third-order valence-electron chi connectivity index (χ3n) is 3.55. The van der Waals surface area contributed by atoms with E-state index in [1.807, 2.05) is 20.8 Å². The van der Waals surface area contributed by atoms with Crippen molar-refractivity contribution in [3.8, 4) is 11.8 Å². The molecular weight excluding hydrogens is 226 g/mol. The fourth-order valence-corrected chi connectivity index (χ4v) is 2.03. The van der Waals surface area contributed by atoms with Gasteiger partial charge in [-0.3, -0.25) is 9.69 Å². The molecule has 0 aromatic rings. The standard InChI is InChI=1S/C15H25NO2/c1-13(2)15(4,18-14(3)17)9-8-12-16-10-6-5-7-11-16/h13H,5-7,10-12H2,1-4H3/t15-/m1/s1. The van der Waals surface area contributed by atoms with Crippen LogP contribution in [0.15, 0.2) is 0 Å². The van der Waals surface area contributed by atoms with Crippen LogP contribution in [0.4, 0.5) is 0 Å². The van der Waals surface area contributed by atoms with Crippen molar-refractivity contribution in [1.29, 1.82) is 0 Å². The van der Waals surface area contributed by atoms with Gasteiger partial charge in [-0.05, 0) is 32.9 Å². The molecule has 1 heterocycles. The molecule has 0 saturated carbocycles. The zero-order chi connectivity index (χ0) is 13.6. The third-order valence-corrected chi connectivity index (χ3v) is 3.55. The lowest BCUT2D eigenvalue weighted by Gasteiger charge is -2.28. The summed E-state index contributed by atoms with van der Waals surface area (Å²) in [5.41, 5.74) is -0.665. The van der Waals surface area contributed by atoms with E-state index in [4.69, 9.17) is 4.74 Å². The molecule has 18 heavy (non-hydrogen) atoms. The largest absolute Gasteiger partial charge is 0.446 e. The molecule has 3 heteroatoms. The Hall–Kier alpha value is -1.01. The lowest BCUT2D eigenvalue weighted by atomic mass is 9.93. The second kappa shape index (κ2) is 6.80. The number of hydrogen-bond donors (Lipinski definition) is 0. The van der Waals surface area contributed by atoms with Crippen LogP contribution in [0.5, 0.6) is 0 Å². The summed E-state index contributed by atoms with van der Waals surface area (Å²) >= 11 is 0. The molecule has 3 nitrogen and oxygen atoms in total. The highest BCUT2D eigenvalue weighted by molar-refractivity contribution is 5.67. The molecule has 0 aromatic carbocycles. The SMILES string of the molecule is CC(=O)O[C@](C)(C#CCN1CCCCC1)C(C)C. The second-order valence-corrected chi connectivity index (χ2v) is 5.49. The Balaban J connectivity index is 2.57. The van der Waals surface area contributed by atoms with Gasteiger partial charge >= 0.3 is 5.97 Å². The fourth-order valence-electron chi connectivity index (χ4n) is 2.03. The van der Waals surface area contributed by atoms with E-state index < -0.39 is 5.60 Å². The highest BCUT2D eigenvalue weighted by Crippen LogP contribution is 2.20. The maximum absolute atomic E-state index is 11.1. The van der Waals surface area contributed by atoms with Crippen LogP contribution < -0.4 is 0 Å². The molecule has 102 valence electrons. The Morgan fingerprint density at radius 3 is 2.44 bits per heavy atom. The topological polar surface area (TPSA) is 29.5 Å². The average Bonchev–Trinajstić information content (AvgIpc) is 2.29. The number of ether oxygens (including phenoxy) is 1. The number of rotatable bonds is 3. The van der Waals surface area contributed by atoms with Gasteiger partial charge in [-0.2, -0.15) is 0 Å². The van der Waals surface area contributed by atoms with Crippen molar-refractivity contribution in [2.45, 2.75) is 52.6 Å². The van der Waals surface area contributed by atoms with E-state index in [2.05, 4.69) is 16.7 Å². The molecular formula is C15H25NO2. The van der Waals surface area contributed by atoms with Gasteiger partial charge in [0.05, 0.1) is 6.54 Å². The van der Waals surface area contributed by atoms with Crippen molar-refractivity contribution in [2.75, 3.05) is 19.6 Å². The van der Waals surface area contributed by atoms with Crippen molar-refractivity contribution in [1.82, 2.24) is 4.90 Å². The Morgan fingerprint density at radius 2 is 1.94 bits per heavy atom. The third kappa shape index (κ3) is 4.70. The van der Waals surface area contributed by atoms with E-state index in [1.54, 1.807) is 0 Å². The fraction of sp³-hybridized carbons (Fsp3) is 0.800. The minimum atomic E-state index is -0.665.